The van der Waals surface area contributed by atoms with Gasteiger partial charge in [0.2, 0.25) is 5.82 Å². The molecule has 0 heterocycles. The largest absolute Gasteiger partial charge is 0.457 e. The number of carbonyl (C=O) groups excluding carboxylic acids is 1. The summed E-state index contributed by atoms with van der Waals surface area (Å²) in [4.78, 5) is 22.5. The van der Waals surface area contributed by atoms with E-state index in [0.717, 1.165) is 12.1 Å². The smallest absolute Gasteiger partial charge is 0.306 e. The molecule has 130 valence electrons. The Morgan fingerprint density at radius 1 is 1.00 bits per heavy atom. The average molecular weight is 352 g/mol. The van der Waals surface area contributed by atoms with Crippen molar-refractivity contribution in [1.29, 1.82) is 0 Å². The summed E-state index contributed by atoms with van der Waals surface area (Å²) in [6, 6.07) is 18.7. The normalized spacial score (nSPS) is 10.2. The Morgan fingerprint density at radius 2 is 1.69 bits per heavy atom. The maximum Gasteiger partial charge on any atom is 0.306 e. The van der Waals surface area contributed by atoms with Gasteiger partial charge in [0.1, 0.15) is 11.5 Å². The van der Waals surface area contributed by atoms with Gasteiger partial charge in [-0.15, -0.1) is 0 Å². The summed E-state index contributed by atoms with van der Waals surface area (Å²) in [5.41, 5.74) is -0.363. The molecule has 0 aromatic heterocycles. The molecule has 7 heteroatoms. The van der Waals surface area contributed by atoms with Crippen LogP contribution in [0.4, 0.5) is 15.8 Å². The quantitative estimate of drug-likeness (QED) is 0.529. The van der Waals surface area contributed by atoms with Gasteiger partial charge in [-0.25, -0.2) is 0 Å². The minimum Gasteiger partial charge on any atom is -0.457 e. The van der Waals surface area contributed by atoms with Crippen molar-refractivity contribution in [2.75, 3.05) is 5.32 Å². The summed E-state index contributed by atoms with van der Waals surface area (Å²) >= 11 is 0. The molecule has 0 spiro atoms. The number of nitro benzene ring substituents is 1. The fraction of sp³-hybridized carbons (Fsp3) is 0. The van der Waals surface area contributed by atoms with Crippen molar-refractivity contribution in [3.8, 4) is 11.5 Å². The minimum atomic E-state index is -0.971. The lowest BCUT2D eigenvalue weighted by Crippen LogP contribution is -2.13. The summed E-state index contributed by atoms with van der Waals surface area (Å²) in [5.74, 6) is -0.615. The molecule has 0 atom stereocenters. The first-order chi connectivity index (χ1) is 12.5. The third kappa shape index (κ3) is 3.84. The van der Waals surface area contributed by atoms with Crippen LogP contribution in [0.5, 0.6) is 11.5 Å². The van der Waals surface area contributed by atoms with Crippen molar-refractivity contribution in [3.63, 3.8) is 0 Å². The first kappa shape index (κ1) is 17.1. The van der Waals surface area contributed by atoms with Crippen molar-refractivity contribution < 1.29 is 18.8 Å². The molecule has 0 bridgehead atoms. The summed E-state index contributed by atoms with van der Waals surface area (Å²) < 4.78 is 19.1. The van der Waals surface area contributed by atoms with Gasteiger partial charge >= 0.3 is 5.69 Å². The lowest BCUT2D eigenvalue weighted by Gasteiger charge is -2.11. The number of amides is 1. The number of rotatable bonds is 5. The molecule has 3 aromatic carbocycles. The monoisotopic (exact) mass is 352 g/mol. The molecule has 0 aliphatic rings. The maximum absolute atomic E-state index is 13.4. The SMILES string of the molecule is O=C(Nc1ccc(F)c([N+](=O)[O-])c1)c1ccccc1Oc1ccccc1. The first-order valence-corrected chi connectivity index (χ1v) is 7.62. The van der Waals surface area contributed by atoms with E-state index in [1.165, 1.54) is 6.07 Å². The van der Waals surface area contributed by atoms with Crippen LogP contribution in [-0.2, 0) is 0 Å². The fourth-order valence-electron chi connectivity index (χ4n) is 2.29. The Balaban J connectivity index is 1.85. The van der Waals surface area contributed by atoms with Crippen LogP contribution in [0.1, 0.15) is 10.4 Å². The molecule has 0 fully saturated rings. The van der Waals surface area contributed by atoms with Crippen LogP contribution in [0, 0.1) is 15.9 Å². The van der Waals surface area contributed by atoms with Crippen molar-refractivity contribution in [3.05, 3.63) is 94.3 Å². The number of hydrogen-bond acceptors (Lipinski definition) is 4. The van der Waals surface area contributed by atoms with Gasteiger partial charge in [0.05, 0.1) is 10.5 Å². The number of para-hydroxylation sites is 2. The van der Waals surface area contributed by atoms with Crippen LogP contribution >= 0.6 is 0 Å². The molecule has 0 unspecified atom stereocenters. The van der Waals surface area contributed by atoms with Gasteiger partial charge in [-0.05, 0) is 36.4 Å². The molecular weight excluding hydrogens is 339 g/mol. The molecule has 3 aromatic rings. The third-order valence-electron chi connectivity index (χ3n) is 3.50. The maximum atomic E-state index is 13.4. The van der Waals surface area contributed by atoms with Crippen molar-refractivity contribution in [2.24, 2.45) is 0 Å². The topological polar surface area (TPSA) is 81.5 Å². The van der Waals surface area contributed by atoms with Gasteiger partial charge in [0.15, 0.2) is 0 Å². The predicted octanol–water partition coefficient (Wildman–Crippen LogP) is 4.78. The first-order valence-electron chi connectivity index (χ1n) is 7.62. The van der Waals surface area contributed by atoms with E-state index in [0.29, 0.717) is 11.5 Å². The Bertz CT molecular complexity index is 961. The summed E-state index contributed by atoms with van der Waals surface area (Å²) in [6.07, 6.45) is 0. The molecular formula is C19H13FN2O4. The Hall–Kier alpha value is -3.74. The van der Waals surface area contributed by atoms with Gasteiger partial charge in [0.25, 0.3) is 5.91 Å². The highest BCUT2D eigenvalue weighted by Gasteiger charge is 2.17. The lowest BCUT2D eigenvalue weighted by atomic mass is 10.1. The zero-order valence-electron chi connectivity index (χ0n) is 13.4. The van der Waals surface area contributed by atoms with Gasteiger partial charge < -0.3 is 10.1 Å². The predicted molar refractivity (Wildman–Crippen MR) is 94.0 cm³/mol. The molecule has 6 nitrogen and oxygen atoms in total. The zero-order chi connectivity index (χ0) is 18.5. The number of carbonyl (C=O) groups is 1. The van der Waals surface area contributed by atoms with Crippen molar-refractivity contribution >= 4 is 17.3 Å². The molecule has 0 aliphatic heterocycles. The van der Waals surface area contributed by atoms with E-state index in [2.05, 4.69) is 5.32 Å². The molecule has 0 aliphatic carbocycles. The number of nitro groups is 1. The van der Waals surface area contributed by atoms with Gasteiger partial charge in [0, 0.05) is 11.8 Å². The number of hydrogen-bond donors (Lipinski definition) is 1. The van der Waals surface area contributed by atoms with E-state index < -0.39 is 22.3 Å². The van der Waals surface area contributed by atoms with Crippen LogP contribution in [-0.4, -0.2) is 10.8 Å². The number of benzene rings is 3. The number of halogens is 1. The molecule has 3 rings (SSSR count). The molecule has 0 radical (unpaired) electrons. The second-order valence-corrected chi connectivity index (χ2v) is 5.29. The van der Waals surface area contributed by atoms with Gasteiger partial charge in [-0.2, -0.15) is 4.39 Å². The molecule has 1 N–H and O–H groups in total. The van der Waals surface area contributed by atoms with Gasteiger partial charge in [-0.3, -0.25) is 14.9 Å². The molecule has 0 saturated heterocycles. The summed E-state index contributed by atoms with van der Waals surface area (Å²) in [6.45, 7) is 0. The third-order valence-corrected chi connectivity index (χ3v) is 3.50. The van der Waals surface area contributed by atoms with E-state index in [9.17, 15) is 19.3 Å². The highest BCUT2D eigenvalue weighted by Crippen LogP contribution is 2.27. The lowest BCUT2D eigenvalue weighted by molar-refractivity contribution is -0.387. The van der Waals surface area contributed by atoms with Gasteiger partial charge in [-0.1, -0.05) is 30.3 Å². The Labute approximate surface area is 148 Å². The highest BCUT2D eigenvalue weighted by molar-refractivity contribution is 6.06. The number of nitrogens with one attached hydrogen (secondary N) is 1. The molecule has 0 saturated carbocycles. The second kappa shape index (κ2) is 7.43. The van der Waals surface area contributed by atoms with E-state index in [1.807, 2.05) is 6.07 Å². The van der Waals surface area contributed by atoms with Crippen LogP contribution in [0.3, 0.4) is 0 Å². The number of ether oxygens (including phenoxy) is 1. The molecule has 26 heavy (non-hydrogen) atoms. The average Bonchev–Trinajstić information content (AvgIpc) is 2.64. The van der Waals surface area contributed by atoms with Crippen LogP contribution in [0.25, 0.3) is 0 Å². The summed E-state index contributed by atoms with van der Waals surface area (Å²) in [7, 11) is 0. The standard InChI is InChI=1S/C19H13FN2O4/c20-16-11-10-13(12-17(16)22(24)25)21-19(23)15-8-4-5-9-18(15)26-14-6-2-1-3-7-14/h1-12H,(H,21,23). The van der Waals surface area contributed by atoms with E-state index >= 15 is 0 Å². The Kier molecular flexibility index (Phi) is 4.89. The van der Waals surface area contributed by atoms with Crippen LogP contribution in [0.2, 0.25) is 0 Å². The van der Waals surface area contributed by atoms with E-state index in [4.69, 9.17) is 4.74 Å². The van der Waals surface area contributed by atoms with Crippen molar-refractivity contribution in [2.45, 2.75) is 0 Å². The highest BCUT2D eigenvalue weighted by atomic mass is 19.1. The second-order valence-electron chi connectivity index (χ2n) is 5.29. The van der Waals surface area contributed by atoms with Crippen LogP contribution in [0.15, 0.2) is 72.8 Å². The molecule has 1 amide bonds. The van der Waals surface area contributed by atoms with Crippen molar-refractivity contribution in [1.82, 2.24) is 0 Å². The number of nitrogens with zero attached hydrogens (tertiary/aromatic N) is 1. The van der Waals surface area contributed by atoms with E-state index in [-0.39, 0.29) is 11.3 Å². The zero-order valence-corrected chi connectivity index (χ0v) is 13.4. The summed E-state index contributed by atoms with van der Waals surface area (Å²) in [5, 5.41) is 13.3. The fourth-order valence-corrected chi connectivity index (χ4v) is 2.29. The number of anilines is 1. The Morgan fingerprint density at radius 3 is 2.42 bits per heavy atom. The van der Waals surface area contributed by atoms with E-state index in [1.54, 1.807) is 48.5 Å². The minimum absolute atomic E-state index is 0.109. The van der Waals surface area contributed by atoms with Crippen LogP contribution < -0.4 is 10.1 Å².